The highest BCUT2D eigenvalue weighted by Gasteiger charge is 2.45. The van der Waals surface area contributed by atoms with Gasteiger partial charge in [-0.25, -0.2) is 0 Å². The Morgan fingerprint density at radius 2 is 1.92 bits per heavy atom. The van der Waals surface area contributed by atoms with Crippen LogP contribution in [-0.4, -0.2) is 21.9 Å². The molecule has 2 nitrogen and oxygen atoms in total. The molecule has 4 atom stereocenters. The second-order valence-corrected chi connectivity index (χ2v) is 5.02. The lowest BCUT2D eigenvalue weighted by Gasteiger charge is -2.32. The lowest BCUT2D eigenvalue weighted by molar-refractivity contribution is -0.0292. The fourth-order valence-electron chi connectivity index (χ4n) is 3.29. The fraction of sp³-hybridized carbons (Fsp3) is 1.00. The SMILES string of the molecule is CC1(O)CCCC1C1CCCC1O. The number of aliphatic hydroxyl groups excluding tert-OH is 1. The van der Waals surface area contributed by atoms with Gasteiger partial charge in [-0.05, 0) is 44.4 Å². The standard InChI is InChI=1S/C11H20O2/c1-11(13)7-3-5-9(11)8-4-2-6-10(8)12/h8-10,12-13H,2-7H2,1H3. The summed E-state index contributed by atoms with van der Waals surface area (Å²) in [6.07, 6.45) is 6.20. The van der Waals surface area contributed by atoms with Crippen LogP contribution >= 0.6 is 0 Å². The van der Waals surface area contributed by atoms with E-state index in [9.17, 15) is 10.2 Å². The van der Waals surface area contributed by atoms with Crippen LogP contribution in [0.5, 0.6) is 0 Å². The van der Waals surface area contributed by atoms with Gasteiger partial charge in [0.25, 0.3) is 0 Å². The Hall–Kier alpha value is -0.0800. The third-order valence-corrected chi connectivity index (χ3v) is 4.05. The maximum Gasteiger partial charge on any atom is 0.0651 e. The second kappa shape index (κ2) is 3.25. The zero-order valence-electron chi connectivity index (χ0n) is 8.37. The van der Waals surface area contributed by atoms with E-state index in [1.807, 2.05) is 6.92 Å². The molecule has 0 amide bonds. The van der Waals surface area contributed by atoms with Crippen molar-refractivity contribution in [2.24, 2.45) is 11.8 Å². The van der Waals surface area contributed by atoms with Crippen LogP contribution in [0.25, 0.3) is 0 Å². The quantitative estimate of drug-likeness (QED) is 0.651. The molecule has 4 unspecified atom stereocenters. The third kappa shape index (κ3) is 1.62. The molecule has 0 aromatic heterocycles. The van der Waals surface area contributed by atoms with E-state index in [1.165, 1.54) is 0 Å². The molecule has 13 heavy (non-hydrogen) atoms. The van der Waals surface area contributed by atoms with Gasteiger partial charge in [-0.15, -0.1) is 0 Å². The molecular formula is C11H20O2. The van der Waals surface area contributed by atoms with E-state index in [-0.39, 0.29) is 6.10 Å². The highest BCUT2D eigenvalue weighted by molar-refractivity contribution is 4.96. The van der Waals surface area contributed by atoms with Crippen molar-refractivity contribution in [3.05, 3.63) is 0 Å². The minimum absolute atomic E-state index is 0.144. The van der Waals surface area contributed by atoms with Gasteiger partial charge < -0.3 is 10.2 Å². The summed E-state index contributed by atoms with van der Waals surface area (Å²) < 4.78 is 0. The molecule has 2 saturated carbocycles. The van der Waals surface area contributed by atoms with Crippen molar-refractivity contribution in [1.29, 1.82) is 0 Å². The summed E-state index contributed by atoms with van der Waals surface area (Å²) in [5.41, 5.74) is -0.504. The number of aliphatic hydroxyl groups is 2. The Morgan fingerprint density at radius 1 is 1.15 bits per heavy atom. The summed E-state index contributed by atoms with van der Waals surface area (Å²) in [5.74, 6) is 0.725. The Morgan fingerprint density at radius 3 is 2.38 bits per heavy atom. The summed E-state index contributed by atoms with van der Waals surface area (Å²) in [6.45, 7) is 1.94. The van der Waals surface area contributed by atoms with Crippen LogP contribution in [0.3, 0.4) is 0 Å². The van der Waals surface area contributed by atoms with E-state index in [0.29, 0.717) is 11.8 Å². The predicted molar refractivity (Wildman–Crippen MR) is 51.3 cm³/mol. The number of hydrogen-bond acceptors (Lipinski definition) is 2. The van der Waals surface area contributed by atoms with Gasteiger partial charge in [0.1, 0.15) is 0 Å². The van der Waals surface area contributed by atoms with Crippen LogP contribution in [0, 0.1) is 11.8 Å². The molecule has 2 aliphatic rings. The first-order valence-corrected chi connectivity index (χ1v) is 5.52. The zero-order valence-corrected chi connectivity index (χ0v) is 8.37. The van der Waals surface area contributed by atoms with Gasteiger partial charge in [0, 0.05) is 0 Å². The summed E-state index contributed by atoms with van der Waals surface area (Å²) in [5, 5.41) is 19.9. The van der Waals surface area contributed by atoms with Gasteiger partial charge >= 0.3 is 0 Å². The topological polar surface area (TPSA) is 40.5 Å². The van der Waals surface area contributed by atoms with Crippen molar-refractivity contribution in [2.45, 2.75) is 57.2 Å². The third-order valence-electron chi connectivity index (χ3n) is 4.05. The molecule has 2 aliphatic carbocycles. The van der Waals surface area contributed by atoms with Gasteiger partial charge in [0.2, 0.25) is 0 Å². The minimum Gasteiger partial charge on any atom is -0.393 e. The average Bonchev–Trinajstić information content (AvgIpc) is 2.56. The predicted octanol–water partition coefficient (Wildman–Crippen LogP) is 1.70. The van der Waals surface area contributed by atoms with Crippen LogP contribution in [-0.2, 0) is 0 Å². The van der Waals surface area contributed by atoms with E-state index >= 15 is 0 Å². The molecule has 0 heterocycles. The number of rotatable bonds is 1. The van der Waals surface area contributed by atoms with Crippen molar-refractivity contribution >= 4 is 0 Å². The van der Waals surface area contributed by atoms with Gasteiger partial charge in [0.15, 0.2) is 0 Å². The summed E-state index contributed by atoms with van der Waals surface area (Å²) >= 11 is 0. The van der Waals surface area contributed by atoms with Crippen LogP contribution in [0.1, 0.15) is 45.4 Å². The average molecular weight is 184 g/mol. The highest BCUT2D eigenvalue weighted by atomic mass is 16.3. The molecule has 0 aromatic rings. The van der Waals surface area contributed by atoms with Gasteiger partial charge in [-0.2, -0.15) is 0 Å². The van der Waals surface area contributed by atoms with E-state index in [1.54, 1.807) is 0 Å². The van der Waals surface area contributed by atoms with Crippen molar-refractivity contribution in [3.63, 3.8) is 0 Å². The lowest BCUT2D eigenvalue weighted by atomic mass is 9.80. The molecular weight excluding hydrogens is 164 g/mol. The Bertz CT molecular complexity index is 189. The van der Waals surface area contributed by atoms with E-state index < -0.39 is 5.60 Å². The molecule has 0 saturated heterocycles. The Balaban J connectivity index is 2.07. The van der Waals surface area contributed by atoms with Crippen LogP contribution in [0.4, 0.5) is 0 Å². The highest BCUT2D eigenvalue weighted by Crippen LogP contribution is 2.45. The van der Waals surface area contributed by atoms with Crippen molar-refractivity contribution < 1.29 is 10.2 Å². The van der Waals surface area contributed by atoms with E-state index in [0.717, 1.165) is 38.5 Å². The Kier molecular flexibility index (Phi) is 2.37. The Labute approximate surface area is 80.0 Å². The molecule has 0 bridgehead atoms. The van der Waals surface area contributed by atoms with Crippen molar-refractivity contribution in [1.82, 2.24) is 0 Å². The molecule has 2 heteroatoms. The van der Waals surface area contributed by atoms with Crippen molar-refractivity contribution in [3.8, 4) is 0 Å². The molecule has 2 rings (SSSR count). The minimum atomic E-state index is -0.504. The summed E-state index contributed by atoms with van der Waals surface area (Å²) in [4.78, 5) is 0. The maximum absolute atomic E-state index is 10.1. The second-order valence-electron chi connectivity index (χ2n) is 5.02. The smallest absolute Gasteiger partial charge is 0.0651 e. The molecule has 2 N–H and O–H groups in total. The molecule has 0 aliphatic heterocycles. The van der Waals surface area contributed by atoms with Gasteiger partial charge in [-0.3, -0.25) is 0 Å². The van der Waals surface area contributed by atoms with Crippen molar-refractivity contribution in [2.75, 3.05) is 0 Å². The molecule has 0 spiro atoms. The molecule has 0 radical (unpaired) electrons. The first kappa shape index (κ1) is 9.47. The maximum atomic E-state index is 10.1. The number of hydrogen-bond donors (Lipinski definition) is 2. The molecule has 76 valence electrons. The van der Waals surface area contributed by atoms with Gasteiger partial charge in [-0.1, -0.05) is 12.8 Å². The van der Waals surface area contributed by atoms with Crippen LogP contribution in [0.15, 0.2) is 0 Å². The van der Waals surface area contributed by atoms with Crippen LogP contribution in [0.2, 0.25) is 0 Å². The van der Waals surface area contributed by atoms with E-state index in [2.05, 4.69) is 0 Å². The summed E-state index contributed by atoms with van der Waals surface area (Å²) in [7, 11) is 0. The summed E-state index contributed by atoms with van der Waals surface area (Å²) in [6, 6.07) is 0. The molecule has 2 fully saturated rings. The monoisotopic (exact) mass is 184 g/mol. The fourth-order valence-corrected chi connectivity index (χ4v) is 3.29. The van der Waals surface area contributed by atoms with E-state index in [4.69, 9.17) is 0 Å². The first-order valence-electron chi connectivity index (χ1n) is 5.52. The normalized spacial score (nSPS) is 51.5. The van der Waals surface area contributed by atoms with Crippen LogP contribution < -0.4 is 0 Å². The first-order chi connectivity index (χ1) is 6.11. The molecule has 0 aromatic carbocycles. The van der Waals surface area contributed by atoms with Gasteiger partial charge in [0.05, 0.1) is 11.7 Å². The zero-order chi connectivity index (χ0) is 9.47. The lowest BCUT2D eigenvalue weighted by Crippen LogP contribution is -2.37. The largest absolute Gasteiger partial charge is 0.393 e.